The van der Waals surface area contributed by atoms with E-state index < -0.39 is 6.10 Å². The molecule has 0 aromatic heterocycles. The fraction of sp³-hybridized carbons (Fsp3) is 0.949. The molecule has 0 heterocycles. The molecule has 0 bridgehead atoms. The van der Waals surface area contributed by atoms with Gasteiger partial charge in [0.25, 0.3) is 0 Å². The fourth-order valence-electron chi connectivity index (χ4n) is 8.99. The summed E-state index contributed by atoms with van der Waals surface area (Å²) in [5.74, 6) is 0.939. The van der Waals surface area contributed by atoms with E-state index in [1.54, 1.807) is 0 Å². The van der Waals surface area contributed by atoms with Crippen LogP contribution in [0.25, 0.3) is 0 Å². The minimum Gasteiger partial charge on any atom is -0.462 e. The molecule has 0 rings (SSSR count). The van der Waals surface area contributed by atoms with E-state index in [0.717, 1.165) is 69.6 Å². The van der Waals surface area contributed by atoms with Crippen molar-refractivity contribution in [3.05, 3.63) is 0 Å². The Labute approximate surface area is 406 Å². The van der Waals surface area contributed by atoms with Gasteiger partial charge in [-0.3, -0.25) is 14.4 Å². The predicted octanol–water partition coefficient (Wildman–Crippen LogP) is 19.3. The van der Waals surface area contributed by atoms with Gasteiger partial charge in [-0.1, -0.05) is 291 Å². The van der Waals surface area contributed by atoms with Crippen LogP contribution in [0.15, 0.2) is 0 Å². The minimum absolute atomic E-state index is 0.0628. The van der Waals surface area contributed by atoms with Gasteiger partial charge in [0.15, 0.2) is 6.10 Å². The highest BCUT2D eigenvalue weighted by atomic mass is 16.6. The Balaban J connectivity index is 4.20. The van der Waals surface area contributed by atoms with Crippen molar-refractivity contribution in [2.75, 3.05) is 13.2 Å². The third kappa shape index (κ3) is 50.1. The second-order valence-corrected chi connectivity index (χ2v) is 20.8. The number of carbonyl (C=O) groups excluding carboxylic acids is 3. The highest BCUT2D eigenvalue weighted by molar-refractivity contribution is 5.71. The van der Waals surface area contributed by atoms with Crippen LogP contribution in [0, 0.1) is 11.8 Å². The van der Waals surface area contributed by atoms with Crippen LogP contribution in [0.5, 0.6) is 0 Å². The van der Waals surface area contributed by atoms with Gasteiger partial charge in [0, 0.05) is 19.3 Å². The maximum absolute atomic E-state index is 12.8. The molecule has 0 aliphatic carbocycles. The molecule has 6 nitrogen and oxygen atoms in total. The van der Waals surface area contributed by atoms with Gasteiger partial charge in [-0.2, -0.15) is 0 Å². The van der Waals surface area contributed by atoms with Crippen molar-refractivity contribution in [3.63, 3.8) is 0 Å². The van der Waals surface area contributed by atoms with Crippen LogP contribution in [-0.4, -0.2) is 37.2 Å². The summed E-state index contributed by atoms with van der Waals surface area (Å²) in [5.41, 5.74) is 0. The molecule has 0 saturated heterocycles. The second kappa shape index (κ2) is 51.8. The highest BCUT2D eigenvalue weighted by Gasteiger charge is 2.19. The minimum atomic E-state index is -0.762. The van der Waals surface area contributed by atoms with Crippen LogP contribution in [0.4, 0.5) is 0 Å². The van der Waals surface area contributed by atoms with Gasteiger partial charge in [0.05, 0.1) is 0 Å². The Morgan fingerprint density at radius 2 is 0.538 bits per heavy atom. The summed E-state index contributed by atoms with van der Waals surface area (Å²) in [6.45, 7) is 11.5. The lowest BCUT2D eigenvalue weighted by molar-refractivity contribution is -0.167. The summed E-state index contributed by atoms with van der Waals surface area (Å²) in [6.07, 6.45) is 55.1. The first-order valence-electron chi connectivity index (χ1n) is 29.3. The quantitative estimate of drug-likeness (QED) is 0.0344. The van der Waals surface area contributed by atoms with Gasteiger partial charge in [-0.15, -0.1) is 0 Å². The molecule has 0 fully saturated rings. The van der Waals surface area contributed by atoms with E-state index in [1.807, 2.05) is 0 Å². The summed E-state index contributed by atoms with van der Waals surface area (Å²) in [4.78, 5) is 38.1. The smallest absolute Gasteiger partial charge is 0.306 e. The van der Waals surface area contributed by atoms with E-state index in [9.17, 15) is 14.4 Å². The van der Waals surface area contributed by atoms with Crippen molar-refractivity contribution in [1.82, 2.24) is 0 Å². The lowest BCUT2D eigenvalue weighted by Gasteiger charge is -2.18. The molecule has 2 unspecified atom stereocenters. The average molecular weight is 920 g/mol. The first-order chi connectivity index (χ1) is 31.8. The van der Waals surface area contributed by atoms with Crippen LogP contribution < -0.4 is 0 Å². The average Bonchev–Trinajstić information content (AvgIpc) is 3.30. The maximum atomic E-state index is 12.8. The van der Waals surface area contributed by atoms with Crippen LogP contribution in [0.2, 0.25) is 0 Å². The topological polar surface area (TPSA) is 78.9 Å². The number of esters is 3. The third-order valence-corrected chi connectivity index (χ3v) is 14.2. The Kier molecular flexibility index (Phi) is 50.5. The zero-order valence-corrected chi connectivity index (χ0v) is 44.6. The van der Waals surface area contributed by atoms with Crippen molar-refractivity contribution in [2.45, 2.75) is 336 Å². The molecule has 0 aliphatic rings. The summed E-state index contributed by atoms with van der Waals surface area (Å²) in [6, 6.07) is 0. The van der Waals surface area contributed by atoms with E-state index in [2.05, 4.69) is 34.6 Å². The molecular formula is C59H114O6. The second-order valence-electron chi connectivity index (χ2n) is 20.8. The Morgan fingerprint density at radius 3 is 0.800 bits per heavy atom. The van der Waals surface area contributed by atoms with Crippen molar-refractivity contribution >= 4 is 17.9 Å². The number of rotatable bonds is 53. The zero-order valence-electron chi connectivity index (χ0n) is 44.6. The number of hydrogen-bond acceptors (Lipinski definition) is 6. The van der Waals surface area contributed by atoms with Gasteiger partial charge in [0.1, 0.15) is 13.2 Å². The van der Waals surface area contributed by atoms with Crippen LogP contribution in [0.3, 0.4) is 0 Å². The normalized spacial score (nSPS) is 12.9. The van der Waals surface area contributed by atoms with Gasteiger partial charge in [-0.25, -0.2) is 0 Å². The number of unbranched alkanes of at least 4 members (excludes halogenated alkanes) is 36. The fourth-order valence-corrected chi connectivity index (χ4v) is 8.99. The maximum Gasteiger partial charge on any atom is 0.306 e. The van der Waals surface area contributed by atoms with E-state index in [-0.39, 0.29) is 31.1 Å². The summed E-state index contributed by atoms with van der Waals surface area (Å²) >= 11 is 0. The van der Waals surface area contributed by atoms with Crippen LogP contribution >= 0.6 is 0 Å². The molecule has 6 heteroatoms. The van der Waals surface area contributed by atoms with Gasteiger partial charge < -0.3 is 14.2 Å². The van der Waals surface area contributed by atoms with Gasteiger partial charge >= 0.3 is 17.9 Å². The Morgan fingerprint density at radius 1 is 0.308 bits per heavy atom. The molecule has 0 spiro atoms. The standard InChI is InChI=1S/C59H114O6/c1-6-9-10-11-12-13-22-31-36-41-46-51-59(62)65-56(53-64-58(61)50-45-40-35-30-26-25-28-33-38-43-48-55(5)8-3)52-63-57(60)49-44-39-34-29-24-21-19-17-15-14-16-18-20-23-27-32-37-42-47-54(4)7-2/h54-56H,6-53H2,1-5H3/t54?,55?,56-/m1/s1. The van der Waals surface area contributed by atoms with E-state index in [1.165, 1.54) is 218 Å². The molecule has 0 aromatic rings. The SMILES string of the molecule is CCCCCCCCCCCCCC(=O)O[C@H](COC(=O)CCCCCCCCCCCCCCCCCCCCC(C)CC)COC(=O)CCCCCCCCCCCCC(C)CC. The molecule has 65 heavy (non-hydrogen) atoms. The molecule has 0 aromatic carbocycles. The summed E-state index contributed by atoms with van der Waals surface area (Å²) in [7, 11) is 0. The molecule has 0 radical (unpaired) electrons. The van der Waals surface area contributed by atoms with Gasteiger partial charge in [0.2, 0.25) is 0 Å². The van der Waals surface area contributed by atoms with Crippen molar-refractivity contribution in [3.8, 4) is 0 Å². The first kappa shape index (κ1) is 63.4. The lowest BCUT2D eigenvalue weighted by atomic mass is 9.99. The predicted molar refractivity (Wildman–Crippen MR) is 280 cm³/mol. The summed E-state index contributed by atoms with van der Waals surface area (Å²) < 4.78 is 16.9. The molecule has 386 valence electrons. The monoisotopic (exact) mass is 919 g/mol. The lowest BCUT2D eigenvalue weighted by Crippen LogP contribution is -2.30. The van der Waals surface area contributed by atoms with E-state index in [0.29, 0.717) is 19.3 Å². The number of ether oxygens (including phenoxy) is 3. The van der Waals surface area contributed by atoms with E-state index in [4.69, 9.17) is 14.2 Å². The molecule has 0 N–H and O–H groups in total. The van der Waals surface area contributed by atoms with Crippen LogP contribution in [0.1, 0.15) is 330 Å². The Bertz CT molecular complexity index is 997. The highest BCUT2D eigenvalue weighted by Crippen LogP contribution is 2.19. The van der Waals surface area contributed by atoms with Crippen LogP contribution in [-0.2, 0) is 28.6 Å². The van der Waals surface area contributed by atoms with Crippen molar-refractivity contribution < 1.29 is 28.6 Å². The molecule has 0 saturated carbocycles. The van der Waals surface area contributed by atoms with E-state index >= 15 is 0 Å². The largest absolute Gasteiger partial charge is 0.462 e. The molecule has 3 atom stereocenters. The first-order valence-corrected chi connectivity index (χ1v) is 29.3. The Hall–Kier alpha value is -1.59. The molecular weight excluding hydrogens is 805 g/mol. The summed E-state index contributed by atoms with van der Waals surface area (Å²) in [5, 5.41) is 0. The molecule has 0 amide bonds. The van der Waals surface area contributed by atoms with Crippen molar-refractivity contribution in [1.29, 1.82) is 0 Å². The van der Waals surface area contributed by atoms with Gasteiger partial charge in [-0.05, 0) is 31.1 Å². The molecule has 0 aliphatic heterocycles. The zero-order chi connectivity index (χ0) is 47.5. The third-order valence-electron chi connectivity index (χ3n) is 14.2. The van der Waals surface area contributed by atoms with Crippen molar-refractivity contribution in [2.24, 2.45) is 11.8 Å². The number of hydrogen-bond donors (Lipinski definition) is 0. The number of carbonyl (C=O) groups is 3.